The molecule has 2 aromatic rings. The van der Waals surface area contributed by atoms with Crippen molar-refractivity contribution in [2.45, 2.75) is 45.2 Å². The van der Waals surface area contributed by atoms with Gasteiger partial charge in [0.1, 0.15) is 11.5 Å². The van der Waals surface area contributed by atoms with Crippen LogP contribution >= 0.6 is 0 Å². The van der Waals surface area contributed by atoms with Gasteiger partial charge in [-0.2, -0.15) is 0 Å². The summed E-state index contributed by atoms with van der Waals surface area (Å²) in [6, 6.07) is 2.17. The number of aromatic nitrogens is 2. The van der Waals surface area contributed by atoms with Gasteiger partial charge < -0.3 is 14.8 Å². The van der Waals surface area contributed by atoms with E-state index in [0.717, 1.165) is 30.8 Å². The second kappa shape index (κ2) is 4.61. The van der Waals surface area contributed by atoms with Crippen LogP contribution in [-0.4, -0.2) is 9.72 Å². The lowest BCUT2D eigenvalue weighted by atomic mass is 10.1. The van der Waals surface area contributed by atoms with Crippen LogP contribution in [0.4, 0.5) is 0 Å². The summed E-state index contributed by atoms with van der Waals surface area (Å²) in [6.45, 7) is 2.67. The first-order valence-electron chi connectivity index (χ1n) is 6.58. The lowest BCUT2D eigenvalue weighted by Gasteiger charge is -2.07. The molecule has 0 aliphatic heterocycles. The fourth-order valence-electron chi connectivity index (χ4n) is 2.72. The Hall–Kier alpha value is -1.55. The lowest BCUT2D eigenvalue weighted by Crippen LogP contribution is -2.09. The number of hydrogen-bond acceptors (Lipinski definition) is 3. The Morgan fingerprint density at radius 2 is 2.33 bits per heavy atom. The highest BCUT2D eigenvalue weighted by Crippen LogP contribution is 2.27. The van der Waals surface area contributed by atoms with E-state index < -0.39 is 0 Å². The van der Waals surface area contributed by atoms with Crippen LogP contribution in [-0.2, 0) is 13.0 Å². The molecule has 0 bridgehead atoms. The van der Waals surface area contributed by atoms with Crippen LogP contribution in [0.3, 0.4) is 0 Å². The van der Waals surface area contributed by atoms with Gasteiger partial charge in [-0.05, 0) is 37.3 Å². The highest BCUT2D eigenvalue weighted by Gasteiger charge is 2.17. The molecular formula is C14H19N3O. The first-order valence-corrected chi connectivity index (χ1v) is 6.58. The number of fused-ring (bicyclic) bond motifs is 1. The fraction of sp³-hybridized carbons (Fsp3) is 0.500. The standard InChI is InChI=1S/C14H19N3O/c1-10-6-12(16-18-10)8-17-7-11-4-2-3-5-14(15)13(11)9-17/h6-7,9,14H,2-5,8,15H2,1H3. The van der Waals surface area contributed by atoms with Crippen molar-refractivity contribution in [3.05, 3.63) is 41.0 Å². The summed E-state index contributed by atoms with van der Waals surface area (Å²) in [5.74, 6) is 0.857. The summed E-state index contributed by atoms with van der Waals surface area (Å²) in [5.41, 5.74) is 9.89. The monoisotopic (exact) mass is 245 g/mol. The molecule has 1 atom stereocenters. The van der Waals surface area contributed by atoms with Crippen LogP contribution in [0.25, 0.3) is 0 Å². The highest BCUT2D eigenvalue weighted by molar-refractivity contribution is 5.29. The van der Waals surface area contributed by atoms with E-state index >= 15 is 0 Å². The third-order valence-electron chi connectivity index (χ3n) is 3.63. The number of rotatable bonds is 2. The molecule has 2 aromatic heterocycles. The Bertz CT molecular complexity index is 541. The topological polar surface area (TPSA) is 57.0 Å². The number of aryl methyl sites for hydroxylation is 2. The summed E-state index contributed by atoms with van der Waals surface area (Å²) in [4.78, 5) is 0. The number of hydrogen-bond donors (Lipinski definition) is 1. The minimum absolute atomic E-state index is 0.197. The first kappa shape index (κ1) is 11.5. The molecule has 18 heavy (non-hydrogen) atoms. The molecule has 2 heterocycles. The van der Waals surface area contributed by atoms with E-state index in [1.54, 1.807) is 0 Å². The molecule has 4 nitrogen and oxygen atoms in total. The van der Waals surface area contributed by atoms with Gasteiger partial charge in [0, 0.05) is 24.5 Å². The Kier molecular flexibility index (Phi) is 2.96. The van der Waals surface area contributed by atoms with Gasteiger partial charge in [-0.25, -0.2) is 0 Å². The van der Waals surface area contributed by atoms with Crippen LogP contribution in [0.1, 0.15) is 47.9 Å². The maximum atomic E-state index is 6.21. The Balaban J connectivity index is 1.84. The van der Waals surface area contributed by atoms with Gasteiger partial charge in [0.2, 0.25) is 0 Å². The third-order valence-corrected chi connectivity index (χ3v) is 3.63. The van der Waals surface area contributed by atoms with Crippen molar-refractivity contribution >= 4 is 0 Å². The molecule has 1 aliphatic carbocycles. The molecule has 0 aromatic carbocycles. The molecule has 0 amide bonds. The van der Waals surface area contributed by atoms with E-state index in [2.05, 4.69) is 22.1 Å². The van der Waals surface area contributed by atoms with Crippen LogP contribution in [0.5, 0.6) is 0 Å². The van der Waals surface area contributed by atoms with Crippen molar-refractivity contribution < 1.29 is 4.52 Å². The van der Waals surface area contributed by atoms with Crippen molar-refractivity contribution in [3.8, 4) is 0 Å². The molecule has 0 saturated heterocycles. The average Bonchev–Trinajstić information content (AvgIpc) is 2.88. The predicted octanol–water partition coefficient (Wildman–Crippen LogP) is 2.56. The molecule has 1 aliphatic rings. The molecular weight excluding hydrogens is 226 g/mol. The van der Waals surface area contributed by atoms with Crippen LogP contribution in [0.2, 0.25) is 0 Å². The van der Waals surface area contributed by atoms with Crippen molar-refractivity contribution in [1.29, 1.82) is 0 Å². The second-order valence-electron chi connectivity index (χ2n) is 5.19. The SMILES string of the molecule is Cc1cc(Cn2cc3c(c2)C(N)CCCC3)no1. The van der Waals surface area contributed by atoms with Crippen molar-refractivity contribution in [2.24, 2.45) is 5.73 Å². The number of nitrogens with two attached hydrogens (primary N) is 1. The molecule has 3 rings (SSSR count). The Morgan fingerprint density at radius 3 is 3.11 bits per heavy atom. The maximum absolute atomic E-state index is 6.21. The Labute approximate surface area is 107 Å². The van der Waals surface area contributed by atoms with Gasteiger partial charge in [-0.1, -0.05) is 11.6 Å². The molecule has 0 spiro atoms. The fourth-order valence-corrected chi connectivity index (χ4v) is 2.72. The van der Waals surface area contributed by atoms with E-state index in [1.807, 2.05) is 13.0 Å². The molecule has 4 heteroatoms. The van der Waals surface area contributed by atoms with Crippen molar-refractivity contribution in [2.75, 3.05) is 0 Å². The summed E-state index contributed by atoms with van der Waals surface area (Å²) in [6.07, 6.45) is 9.11. The summed E-state index contributed by atoms with van der Waals surface area (Å²) in [5, 5.41) is 4.03. The quantitative estimate of drug-likeness (QED) is 0.827. The smallest absolute Gasteiger partial charge is 0.133 e. The maximum Gasteiger partial charge on any atom is 0.133 e. The minimum Gasteiger partial charge on any atom is -0.361 e. The van der Waals surface area contributed by atoms with E-state index in [1.165, 1.54) is 24.0 Å². The van der Waals surface area contributed by atoms with Gasteiger partial charge >= 0.3 is 0 Å². The third kappa shape index (κ3) is 2.20. The molecule has 1 unspecified atom stereocenters. The summed E-state index contributed by atoms with van der Waals surface area (Å²) >= 11 is 0. The summed E-state index contributed by atoms with van der Waals surface area (Å²) in [7, 11) is 0. The second-order valence-corrected chi connectivity index (χ2v) is 5.19. The summed E-state index contributed by atoms with van der Waals surface area (Å²) < 4.78 is 7.27. The van der Waals surface area contributed by atoms with Gasteiger partial charge in [-0.3, -0.25) is 0 Å². The van der Waals surface area contributed by atoms with Crippen molar-refractivity contribution in [1.82, 2.24) is 9.72 Å². The van der Waals surface area contributed by atoms with E-state index in [4.69, 9.17) is 10.3 Å². The zero-order chi connectivity index (χ0) is 12.5. The molecule has 96 valence electrons. The largest absolute Gasteiger partial charge is 0.361 e. The van der Waals surface area contributed by atoms with Crippen LogP contribution in [0.15, 0.2) is 23.0 Å². The minimum atomic E-state index is 0.197. The molecule has 0 fully saturated rings. The molecule has 2 N–H and O–H groups in total. The first-order chi connectivity index (χ1) is 8.72. The predicted molar refractivity (Wildman–Crippen MR) is 69.3 cm³/mol. The molecule has 0 saturated carbocycles. The number of nitrogens with zero attached hydrogens (tertiary/aromatic N) is 2. The van der Waals surface area contributed by atoms with E-state index in [9.17, 15) is 0 Å². The normalized spacial score (nSPS) is 19.6. The van der Waals surface area contributed by atoms with Crippen molar-refractivity contribution in [3.63, 3.8) is 0 Å². The van der Waals surface area contributed by atoms with Gasteiger partial charge in [0.05, 0.1) is 6.54 Å². The molecule has 0 radical (unpaired) electrons. The zero-order valence-electron chi connectivity index (χ0n) is 10.7. The lowest BCUT2D eigenvalue weighted by molar-refractivity contribution is 0.389. The van der Waals surface area contributed by atoms with E-state index in [0.29, 0.717) is 0 Å². The van der Waals surface area contributed by atoms with Crippen LogP contribution < -0.4 is 5.73 Å². The van der Waals surface area contributed by atoms with E-state index in [-0.39, 0.29) is 6.04 Å². The zero-order valence-corrected chi connectivity index (χ0v) is 10.7. The van der Waals surface area contributed by atoms with Gasteiger partial charge in [-0.15, -0.1) is 0 Å². The van der Waals surface area contributed by atoms with Gasteiger partial charge in [0.25, 0.3) is 0 Å². The average molecular weight is 245 g/mol. The Morgan fingerprint density at radius 1 is 1.44 bits per heavy atom. The van der Waals surface area contributed by atoms with Gasteiger partial charge in [0.15, 0.2) is 0 Å². The van der Waals surface area contributed by atoms with Crippen LogP contribution in [0, 0.1) is 6.92 Å². The highest BCUT2D eigenvalue weighted by atomic mass is 16.5.